The van der Waals surface area contributed by atoms with Crippen molar-refractivity contribution in [2.75, 3.05) is 0 Å². The molecule has 0 saturated heterocycles. The minimum absolute atomic E-state index is 0.0393. The first kappa shape index (κ1) is 16.4. The summed E-state index contributed by atoms with van der Waals surface area (Å²) in [6.07, 6.45) is 5.50. The maximum atomic E-state index is 11.3. The molecule has 0 aliphatic carbocycles. The molecule has 1 atom stereocenters. The highest BCUT2D eigenvalue weighted by atomic mass is 16.3. The Balaban J connectivity index is 2.70. The fraction of sp³-hybridized carbons (Fsp3) is 0.389. The van der Waals surface area contributed by atoms with Gasteiger partial charge in [0.2, 0.25) is 0 Å². The number of carbonyl (C=O) groups excluding carboxylic acids is 1. The van der Waals surface area contributed by atoms with E-state index in [0.717, 1.165) is 24.0 Å². The van der Waals surface area contributed by atoms with Gasteiger partial charge in [-0.15, -0.1) is 0 Å². The molecule has 0 aromatic heterocycles. The smallest absolute Gasteiger partial charge is 0.152 e. The van der Waals surface area contributed by atoms with Gasteiger partial charge in [-0.3, -0.25) is 4.79 Å². The van der Waals surface area contributed by atoms with Gasteiger partial charge < -0.3 is 5.11 Å². The Hall–Kier alpha value is -1.67. The number of hydrogen-bond acceptors (Lipinski definition) is 2. The standard InChI is InChI=1S/C18H24O2/c1-14(2)8-7-9-16(12-15(3)19)13-18(20)17-10-5-4-6-11-17/h4-6,8,10-12,18,20H,7,9,13H2,1-3H3/b16-12+. The van der Waals surface area contributed by atoms with Gasteiger partial charge in [0, 0.05) is 0 Å². The first-order valence-corrected chi connectivity index (χ1v) is 7.05. The van der Waals surface area contributed by atoms with Crippen LogP contribution in [0.2, 0.25) is 0 Å². The van der Waals surface area contributed by atoms with Crippen LogP contribution in [0.3, 0.4) is 0 Å². The third-order valence-corrected chi connectivity index (χ3v) is 3.07. The first-order chi connectivity index (χ1) is 9.49. The van der Waals surface area contributed by atoms with Gasteiger partial charge in [-0.2, -0.15) is 0 Å². The zero-order chi connectivity index (χ0) is 15.0. The van der Waals surface area contributed by atoms with Gasteiger partial charge in [-0.05, 0) is 51.7 Å². The molecule has 1 N–H and O–H groups in total. The molecule has 0 saturated carbocycles. The molecular weight excluding hydrogens is 248 g/mol. The maximum Gasteiger partial charge on any atom is 0.152 e. The van der Waals surface area contributed by atoms with Crippen molar-refractivity contribution in [3.63, 3.8) is 0 Å². The second-order valence-electron chi connectivity index (χ2n) is 5.36. The molecule has 1 aromatic carbocycles. The lowest BCUT2D eigenvalue weighted by atomic mass is 9.97. The highest BCUT2D eigenvalue weighted by molar-refractivity contribution is 5.87. The lowest BCUT2D eigenvalue weighted by Crippen LogP contribution is -2.01. The van der Waals surface area contributed by atoms with Crippen molar-refractivity contribution in [2.24, 2.45) is 0 Å². The van der Waals surface area contributed by atoms with Gasteiger partial charge in [-0.25, -0.2) is 0 Å². The van der Waals surface area contributed by atoms with E-state index in [-0.39, 0.29) is 5.78 Å². The topological polar surface area (TPSA) is 37.3 Å². The molecule has 0 aliphatic heterocycles. The SMILES string of the molecule is CC(=O)/C=C(\CCC=C(C)C)CC(O)c1ccccc1. The fourth-order valence-corrected chi connectivity index (χ4v) is 2.11. The summed E-state index contributed by atoms with van der Waals surface area (Å²) in [4.78, 5) is 11.3. The van der Waals surface area contributed by atoms with Gasteiger partial charge >= 0.3 is 0 Å². The number of hydrogen-bond donors (Lipinski definition) is 1. The monoisotopic (exact) mass is 272 g/mol. The summed E-state index contributed by atoms with van der Waals surface area (Å²) in [5, 5.41) is 10.2. The predicted octanol–water partition coefficient (Wildman–Crippen LogP) is 4.37. The Morgan fingerprint density at radius 3 is 2.40 bits per heavy atom. The summed E-state index contributed by atoms with van der Waals surface area (Å²) >= 11 is 0. The van der Waals surface area contributed by atoms with Crippen molar-refractivity contribution in [3.05, 3.63) is 59.2 Å². The number of aliphatic hydroxyl groups is 1. The van der Waals surface area contributed by atoms with Crippen LogP contribution in [0.1, 0.15) is 51.7 Å². The van der Waals surface area contributed by atoms with Crippen LogP contribution in [0.4, 0.5) is 0 Å². The second-order valence-corrected chi connectivity index (χ2v) is 5.36. The van der Waals surface area contributed by atoms with E-state index in [0.29, 0.717) is 6.42 Å². The number of benzene rings is 1. The Morgan fingerprint density at radius 2 is 1.85 bits per heavy atom. The number of rotatable bonds is 7. The summed E-state index contributed by atoms with van der Waals surface area (Å²) in [6, 6.07) is 9.57. The summed E-state index contributed by atoms with van der Waals surface area (Å²) < 4.78 is 0. The van der Waals surface area contributed by atoms with Crippen LogP contribution in [0.15, 0.2) is 53.6 Å². The maximum absolute atomic E-state index is 11.3. The number of carbonyl (C=O) groups is 1. The first-order valence-electron chi connectivity index (χ1n) is 7.05. The van der Waals surface area contributed by atoms with Crippen molar-refractivity contribution in [1.29, 1.82) is 0 Å². The summed E-state index contributed by atoms with van der Waals surface area (Å²) in [5.41, 5.74) is 3.17. The van der Waals surface area contributed by atoms with E-state index in [4.69, 9.17) is 0 Å². The highest BCUT2D eigenvalue weighted by Crippen LogP contribution is 2.23. The van der Waals surface area contributed by atoms with Crippen molar-refractivity contribution >= 4 is 5.78 Å². The molecule has 0 amide bonds. The summed E-state index contributed by atoms with van der Waals surface area (Å²) in [6.45, 7) is 5.68. The average molecular weight is 272 g/mol. The highest BCUT2D eigenvalue weighted by Gasteiger charge is 2.10. The van der Waals surface area contributed by atoms with Crippen LogP contribution < -0.4 is 0 Å². The summed E-state index contributed by atoms with van der Waals surface area (Å²) in [7, 11) is 0. The lowest BCUT2D eigenvalue weighted by Gasteiger charge is -2.13. The van der Waals surface area contributed by atoms with Gasteiger partial charge in [0.25, 0.3) is 0 Å². The summed E-state index contributed by atoms with van der Waals surface area (Å²) in [5.74, 6) is 0.0393. The van der Waals surface area contributed by atoms with Crippen molar-refractivity contribution < 1.29 is 9.90 Å². The normalized spacial score (nSPS) is 12.9. The molecule has 0 spiro atoms. The Morgan fingerprint density at radius 1 is 1.20 bits per heavy atom. The molecule has 2 nitrogen and oxygen atoms in total. The van der Waals surface area contributed by atoms with E-state index < -0.39 is 6.10 Å². The zero-order valence-electron chi connectivity index (χ0n) is 12.6. The van der Waals surface area contributed by atoms with E-state index in [1.54, 1.807) is 13.0 Å². The van der Waals surface area contributed by atoms with Gasteiger partial charge in [0.1, 0.15) is 0 Å². The average Bonchev–Trinajstić information content (AvgIpc) is 2.38. The fourth-order valence-electron chi connectivity index (χ4n) is 2.11. The van der Waals surface area contributed by atoms with Gasteiger partial charge in [0.15, 0.2) is 5.78 Å². The molecule has 0 heterocycles. The molecule has 108 valence electrons. The molecule has 1 unspecified atom stereocenters. The van der Waals surface area contributed by atoms with Crippen molar-refractivity contribution in [3.8, 4) is 0 Å². The van der Waals surface area contributed by atoms with E-state index in [1.807, 2.05) is 30.3 Å². The predicted molar refractivity (Wildman–Crippen MR) is 83.4 cm³/mol. The third-order valence-electron chi connectivity index (χ3n) is 3.07. The lowest BCUT2D eigenvalue weighted by molar-refractivity contribution is -0.112. The molecule has 0 aliphatic rings. The van der Waals surface area contributed by atoms with Gasteiger partial charge in [0.05, 0.1) is 6.10 Å². The van der Waals surface area contributed by atoms with E-state index >= 15 is 0 Å². The number of ketones is 1. The Kier molecular flexibility index (Phi) is 6.96. The van der Waals surface area contributed by atoms with E-state index in [1.165, 1.54) is 5.57 Å². The minimum Gasteiger partial charge on any atom is -0.388 e. The van der Waals surface area contributed by atoms with Crippen LogP contribution in [0.25, 0.3) is 0 Å². The minimum atomic E-state index is -0.548. The van der Waals surface area contributed by atoms with Crippen LogP contribution >= 0.6 is 0 Å². The van der Waals surface area contributed by atoms with Crippen LogP contribution in [0, 0.1) is 0 Å². The van der Waals surface area contributed by atoms with E-state index in [2.05, 4.69) is 19.9 Å². The van der Waals surface area contributed by atoms with Gasteiger partial charge in [-0.1, -0.05) is 47.6 Å². The quantitative estimate of drug-likeness (QED) is 0.591. The van der Waals surface area contributed by atoms with Crippen LogP contribution in [-0.4, -0.2) is 10.9 Å². The molecule has 20 heavy (non-hydrogen) atoms. The molecule has 0 fully saturated rings. The second kappa shape index (κ2) is 8.49. The number of aliphatic hydroxyl groups excluding tert-OH is 1. The Bertz CT molecular complexity index is 479. The molecule has 1 rings (SSSR count). The molecule has 2 heteroatoms. The molecule has 0 bridgehead atoms. The van der Waals surface area contributed by atoms with Crippen molar-refractivity contribution in [1.82, 2.24) is 0 Å². The van der Waals surface area contributed by atoms with Crippen molar-refractivity contribution in [2.45, 2.75) is 46.1 Å². The van der Waals surface area contributed by atoms with E-state index in [9.17, 15) is 9.90 Å². The third kappa shape index (κ3) is 6.48. The molecule has 0 radical (unpaired) electrons. The number of allylic oxidation sites excluding steroid dienone is 3. The van der Waals surface area contributed by atoms with Crippen LogP contribution in [-0.2, 0) is 4.79 Å². The zero-order valence-corrected chi connectivity index (χ0v) is 12.6. The Labute approximate surface area is 121 Å². The largest absolute Gasteiger partial charge is 0.388 e. The molecule has 1 aromatic rings. The van der Waals surface area contributed by atoms with Crippen LogP contribution in [0.5, 0.6) is 0 Å². The molecular formula is C18H24O2.